The summed E-state index contributed by atoms with van der Waals surface area (Å²) in [4.78, 5) is 7.63. The van der Waals surface area contributed by atoms with E-state index in [9.17, 15) is 4.39 Å². The molecule has 7 heteroatoms. The highest BCUT2D eigenvalue weighted by atomic mass is 35.5. The van der Waals surface area contributed by atoms with Gasteiger partial charge in [0.2, 0.25) is 0 Å². The normalized spacial score (nSPS) is 18.9. The van der Waals surface area contributed by atoms with Crippen LogP contribution in [0.25, 0.3) is 0 Å². The summed E-state index contributed by atoms with van der Waals surface area (Å²) in [5, 5.41) is 1.58. The zero-order chi connectivity index (χ0) is 23.3. The summed E-state index contributed by atoms with van der Waals surface area (Å²) in [5.74, 6) is 7.66. The van der Waals surface area contributed by atoms with Crippen molar-refractivity contribution >= 4 is 23.9 Å². The molecular weight excluding hydrogens is 451 g/mol. The van der Waals surface area contributed by atoms with E-state index in [1.165, 1.54) is 23.3 Å². The lowest BCUT2D eigenvalue weighted by Crippen LogP contribution is -2.51. The Bertz CT molecular complexity index is 1260. The van der Waals surface area contributed by atoms with Crippen molar-refractivity contribution in [2.45, 2.75) is 38.9 Å². The molecule has 2 aliphatic rings. The molecule has 34 heavy (non-hydrogen) atoms. The molecule has 0 radical (unpaired) electrons. The Balaban J connectivity index is 0.00000274. The maximum atomic E-state index is 13.9. The number of amidine groups is 1. The van der Waals surface area contributed by atoms with Crippen LogP contribution in [0.2, 0.25) is 0 Å². The van der Waals surface area contributed by atoms with E-state index in [1.54, 1.807) is 18.2 Å². The molecule has 5 nitrogen and oxygen atoms in total. The Labute approximate surface area is 206 Å². The van der Waals surface area contributed by atoms with Gasteiger partial charge in [-0.25, -0.2) is 15.2 Å². The Morgan fingerprint density at radius 1 is 1.09 bits per heavy atom. The van der Waals surface area contributed by atoms with Gasteiger partial charge in [-0.2, -0.15) is 0 Å². The molecule has 0 aromatic heterocycles. The molecule has 0 saturated heterocycles. The van der Waals surface area contributed by atoms with Gasteiger partial charge in [-0.15, -0.1) is 12.4 Å². The second-order valence-corrected chi connectivity index (χ2v) is 9.21. The fourth-order valence-electron chi connectivity index (χ4n) is 5.28. The first-order valence-electron chi connectivity index (χ1n) is 11.2. The zero-order valence-electron chi connectivity index (χ0n) is 19.9. The van der Waals surface area contributed by atoms with E-state index in [-0.39, 0.29) is 29.9 Å². The molecule has 3 aromatic carbocycles. The second-order valence-electron chi connectivity index (χ2n) is 9.21. The molecule has 5 rings (SSSR count). The number of benzene rings is 3. The average molecular weight is 481 g/mol. The highest BCUT2D eigenvalue weighted by molar-refractivity contribution is 6.12. The van der Waals surface area contributed by atoms with Gasteiger partial charge in [0.1, 0.15) is 23.4 Å². The van der Waals surface area contributed by atoms with Crippen molar-refractivity contribution in [1.29, 1.82) is 0 Å². The number of para-hydroxylation sites is 1. The molecule has 0 amide bonds. The van der Waals surface area contributed by atoms with Crippen LogP contribution in [-0.2, 0) is 12.0 Å². The van der Waals surface area contributed by atoms with Crippen molar-refractivity contribution in [1.82, 2.24) is 4.90 Å². The van der Waals surface area contributed by atoms with Gasteiger partial charge in [-0.05, 0) is 68.1 Å². The average Bonchev–Trinajstić information content (AvgIpc) is 2.80. The van der Waals surface area contributed by atoms with Crippen LogP contribution in [-0.4, -0.2) is 24.4 Å². The quantitative estimate of drug-likeness (QED) is 0.503. The van der Waals surface area contributed by atoms with Crippen LogP contribution < -0.4 is 15.6 Å². The van der Waals surface area contributed by atoms with Crippen molar-refractivity contribution in [3.8, 4) is 5.75 Å². The molecule has 0 spiro atoms. The topological polar surface area (TPSA) is 54.1 Å². The van der Waals surface area contributed by atoms with Gasteiger partial charge in [0.05, 0.1) is 7.11 Å². The molecule has 1 atom stereocenters. The number of halogens is 2. The smallest absolute Gasteiger partial charge is 0.152 e. The summed E-state index contributed by atoms with van der Waals surface area (Å²) in [7, 11) is 1.65. The zero-order valence-corrected chi connectivity index (χ0v) is 20.7. The second kappa shape index (κ2) is 9.02. The monoisotopic (exact) mass is 480 g/mol. The molecule has 0 fully saturated rings. The first-order valence-corrected chi connectivity index (χ1v) is 11.2. The summed E-state index contributed by atoms with van der Waals surface area (Å²) < 4.78 is 19.6. The van der Waals surface area contributed by atoms with Crippen LogP contribution in [0, 0.1) is 12.7 Å². The third-order valence-corrected chi connectivity index (χ3v) is 6.98. The first kappa shape index (κ1) is 24.2. The minimum absolute atomic E-state index is 0. The molecule has 0 saturated carbocycles. The summed E-state index contributed by atoms with van der Waals surface area (Å²) in [6.07, 6.45) is 0.681. The lowest BCUT2D eigenvalue weighted by atomic mass is 9.82. The van der Waals surface area contributed by atoms with Crippen molar-refractivity contribution in [3.63, 3.8) is 0 Å². The van der Waals surface area contributed by atoms with Crippen molar-refractivity contribution < 1.29 is 9.13 Å². The molecule has 2 N–H and O–H groups in total. The molecule has 0 aliphatic carbocycles. The van der Waals surface area contributed by atoms with Crippen LogP contribution >= 0.6 is 12.4 Å². The van der Waals surface area contributed by atoms with Crippen LogP contribution in [0.5, 0.6) is 5.75 Å². The van der Waals surface area contributed by atoms with Crippen molar-refractivity contribution in [2.24, 2.45) is 10.8 Å². The summed E-state index contributed by atoms with van der Waals surface area (Å²) >= 11 is 0. The van der Waals surface area contributed by atoms with Crippen molar-refractivity contribution in [2.75, 3.05) is 18.7 Å². The van der Waals surface area contributed by atoms with Gasteiger partial charge in [0.25, 0.3) is 0 Å². The number of fused-ring (bicyclic) bond motifs is 2. The number of aliphatic imine (C=N–C) groups is 1. The summed E-state index contributed by atoms with van der Waals surface area (Å²) in [5.41, 5.74) is 5.80. The third-order valence-electron chi connectivity index (χ3n) is 6.98. The lowest BCUT2D eigenvalue weighted by Gasteiger charge is -2.48. The van der Waals surface area contributed by atoms with Gasteiger partial charge in [-0.1, -0.05) is 36.4 Å². The number of nitrogens with zero attached hydrogens (tertiary/aromatic N) is 3. The Hall–Kier alpha value is -2.93. The van der Waals surface area contributed by atoms with E-state index >= 15 is 0 Å². The Kier molecular flexibility index (Phi) is 6.42. The number of rotatable bonds is 3. The maximum absolute atomic E-state index is 13.9. The minimum Gasteiger partial charge on any atom is -0.495 e. The van der Waals surface area contributed by atoms with Crippen LogP contribution in [0.1, 0.15) is 47.8 Å². The van der Waals surface area contributed by atoms with E-state index in [2.05, 4.69) is 49.1 Å². The van der Waals surface area contributed by atoms with Crippen molar-refractivity contribution in [3.05, 3.63) is 94.3 Å². The Morgan fingerprint density at radius 3 is 2.59 bits per heavy atom. The van der Waals surface area contributed by atoms with E-state index < -0.39 is 0 Å². The molecule has 178 valence electrons. The van der Waals surface area contributed by atoms with Crippen LogP contribution in [0.15, 0.2) is 65.7 Å². The highest BCUT2D eigenvalue weighted by Gasteiger charge is 2.42. The van der Waals surface area contributed by atoms with Crippen LogP contribution in [0.4, 0.5) is 10.1 Å². The fourth-order valence-corrected chi connectivity index (χ4v) is 5.28. The number of hydrogen-bond donors (Lipinski definition) is 1. The van der Waals surface area contributed by atoms with E-state index in [4.69, 9.17) is 15.6 Å². The standard InChI is InChI=1S/C27H29FN4O.ClH/c1-17-16-19(28)12-13-20(17)26-30-25(21-9-7-11-23(33-4)24(21)32(26)29)31-15-14-18-8-5-6-10-22(18)27(31,2)3;/h5-13,16,25H,14-15,29H2,1-4H3;1H. The summed E-state index contributed by atoms with van der Waals surface area (Å²) in [6.45, 7) is 7.23. The first-order chi connectivity index (χ1) is 15.8. The lowest BCUT2D eigenvalue weighted by molar-refractivity contribution is 0.0585. The number of hydrazine groups is 1. The third kappa shape index (κ3) is 3.76. The SMILES string of the molecule is COc1cccc2c1N(N)C(c1ccc(F)cc1C)=NC2N1CCc2ccccc2C1(C)C.Cl. The molecule has 2 heterocycles. The maximum Gasteiger partial charge on any atom is 0.152 e. The predicted molar refractivity (Wildman–Crippen MR) is 137 cm³/mol. The fraction of sp³-hybridized carbons (Fsp3) is 0.296. The number of nitrogens with two attached hydrogens (primary N) is 1. The molecule has 3 aromatic rings. The van der Waals surface area contributed by atoms with Gasteiger partial charge >= 0.3 is 0 Å². The number of ether oxygens (including phenoxy) is 1. The van der Waals surface area contributed by atoms with Crippen LogP contribution in [0.3, 0.4) is 0 Å². The largest absolute Gasteiger partial charge is 0.495 e. The minimum atomic E-state index is -0.278. The number of aryl methyl sites for hydroxylation is 1. The Morgan fingerprint density at radius 2 is 1.85 bits per heavy atom. The number of hydrogen-bond acceptors (Lipinski definition) is 5. The molecular formula is C27H30ClFN4O. The van der Waals surface area contributed by atoms with E-state index in [1.807, 2.05) is 19.1 Å². The van der Waals surface area contributed by atoms with E-state index in [0.29, 0.717) is 11.6 Å². The van der Waals surface area contributed by atoms with Gasteiger partial charge in [-0.3, -0.25) is 9.91 Å². The van der Waals surface area contributed by atoms with Gasteiger partial charge < -0.3 is 4.74 Å². The predicted octanol–water partition coefficient (Wildman–Crippen LogP) is 5.50. The van der Waals surface area contributed by atoms with Gasteiger partial charge in [0.15, 0.2) is 5.84 Å². The molecule has 0 bridgehead atoms. The molecule has 2 aliphatic heterocycles. The summed E-state index contributed by atoms with van der Waals surface area (Å²) in [6, 6.07) is 19.3. The number of methoxy groups -OCH3 is 1. The number of anilines is 1. The van der Waals surface area contributed by atoms with E-state index in [0.717, 1.165) is 35.3 Å². The van der Waals surface area contributed by atoms with Gasteiger partial charge in [0, 0.05) is 23.2 Å². The highest BCUT2D eigenvalue weighted by Crippen LogP contribution is 2.47. The molecule has 1 unspecified atom stereocenters.